The van der Waals surface area contributed by atoms with Crippen molar-refractivity contribution in [2.75, 3.05) is 13.1 Å². The molecule has 1 aliphatic rings. The zero-order valence-electron chi connectivity index (χ0n) is 15.4. The molecule has 0 bridgehead atoms. The Morgan fingerprint density at radius 1 is 1.24 bits per heavy atom. The number of aryl methyl sites for hydroxylation is 1. The number of nitrogens with one attached hydrogen (secondary N) is 1. The first-order valence-corrected chi connectivity index (χ1v) is 9.57. The van der Waals surface area contributed by atoms with Crippen LogP contribution < -0.4 is 5.32 Å². The molecule has 0 radical (unpaired) electrons. The first-order valence-electron chi connectivity index (χ1n) is 9.19. The molecule has 1 aromatic rings. The van der Waals surface area contributed by atoms with Crippen molar-refractivity contribution in [3.05, 3.63) is 34.9 Å². The van der Waals surface area contributed by atoms with Gasteiger partial charge in [-0.25, -0.2) is 0 Å². The van der Waals surface area contributed by atoms with Crippen LogP contribution in [-0.4, -0.2) is 35.8 Å². The Kier molecular flexibility index (Phi) is 7.30. The molecule has 25 heavy (non-hydrogen) atoms. The summed E-state index contributed by atoms with van der Waals surface area (Å²) >= 11 is 5.98. The van der Waals surface area contributed by atoms with Crippen molar-refractivity contribution >= 4 is 23.4 Å². The maximum atomic E-state index is 12.4. The largest absolute Gasteiger partial charge is 0.353 e. The minimum absolute atomic E-state index is 0.0261. The SMILES string of the molecule is CC(C)C(C)NC(=O)C1CCN(C(=O)CCc2cccc(Cl)c2)CC1. The summed E-state index contributed by atoms with van der Waals surface area (Å²) < 4.78 is 0. The summed E-state index contributed by atoms with van der Waals surface area (Å²) in [7, 11) is 0. The van der Waals surface area contributed by atoms with E-state index in [9.17, 15) is 9.59 Å². The van der Waals surface area contributed by atoms with Crippen molar-refractivity contribution in [2.24, 2.45) is 11.8 Å². The molecule has 2 rings (SSSR count). The van der Waals surface area contributed by atoms with Crippen molar-refractivity contribution in [2.45, 2.75) is 52.5 Å². The quantitative estimate of drug-likeness (QED) is 0.837. The molecule has 0 aliphatic carbocycles. The molecule has 0 saturated carbocycles. The van der Waals surface area contributed by atoms with Gasteiger partial charge in [-0.1, -0.05) is 37.6 Å². The highest BCUT2D eigenvalue weighted by Gasteiger charge is 2.28. The third-order valence-electron chi connectivity index (χ3n) is 5.10. The zero-order chi connectivity index (χ0) is 18.4. The summed E-state index contributed by atoms with van der Waals surface area (Å²) in [5, 5.41) is 3.79. The lowest BCUT2D eigenvalue weighted by molar-refractivity contribution is -0.135. The number of nitrogens with zero attached hydrogens (tertiary/aromatic N) is 1. The number of rotatable bonds is 6. The maximum absolute atomic E-state index is 12.4. The second-order valence-corrected chi connectivity index (χ2v) is 7.76. The van der Waals surface area contributed by atoms with Gasteiger partial charge in [0.25, 0.3) is 0 Å². The van der Waals surface area contributed by atoms with E-state index in [1.165, 1.54) is 0 Å². The number of amides is 2. The maximum Gasteiger partial charge on any atom is 0.223 e. The van der Waals surface area contributed by atoms with Gasteiger partial charge in [0.15, 0.2) is 0 Å². The fourth-order valence-corrected chi connectivity index (χ4v) is 3.21. The van der Waals surface area contributed by atoms with E-state index in [0.29, 0.717) is 36.9 Å². The number of halogens is 1. The summed E-state index contributed by atoms with van der Waals surface area (Å²) in [6, 6.07) is 7.82. The van der Waals surface area contributed by atoms with Gasteiger partial charge in [-0.3, -0.25) is 9.59 Å². The van der Waals surface area contributed by atoms with E-state index < -0.39 is 0 Å². The van der Waals surface area contributed by atoms with Gasteiger partial charge in [0.1, 0.15) is 0 Å². The van der Waals surface area contributed by atoms with Crippen LogP contribution in [0.3, 0.4) is 0 Å². The molecular weight excluding hydrogens is 336 g/mol. The Morgan fingerprint density at radius 3 is 2.52 bits per heavy atom. The summed E-state index contributed by atoms with van der Waals surface area (Å²) in [4.78, 5) is 26.6. The van der Waals surface area contributed by atoms with E-state index >= 15 is 0 Å². The monoisotopic (exact) mass is 364 g/mol. The van der Waals surface area contributed by atoms with Gasteiger partial charge in [0.05, 0.1) is 0 Å². The van der Waals surface area contributed by atoms with Gasteiger partial charge in [0.2, 0.25) is 11.8 Å². The van der Waals surface area contributed by atoms with Crippen LogP contribution in [0, 0.1) is 11.8 Å². The Labute approximate surface area is 155 Å². The number of hydrogen-bond donors (Lipinski definition) is 1. The molecule has 1 fully saturated rings. The highest BCUT2D eigenvalue weighted by atomic mass is 35.5. The van der Waals surface area contributed by atoms with Gasteiger partial charge >= 0.3 is 0 Å². The lowest BCUT2D eigenvalue weighted by Crippen LogP contribution is -2.45. The van der Waals surface area contributed by atoms with Crippen molar-refractivity contribution in [1.29, 1.82) is 0 Å². The molecule has 1 atom stereocenters. The van der Waals surface area contributed by atoms with E-state index in [2.05, 4.69) is 19.2 Å². The van der Waals surface area contributed by atoms with Gasteiger partial charge in [0, 0.05) is 36.5 Å². The highest BCUT2D eigenvalue weighted by Crippen LogP contribution is 2.19. The normalized spacial score (nSPS) is 16.8. The van der Waals surface area contributed by atoms with Gasteiger partial charge in [-0.05, 0) is 49.8 Å². The molecule has 2 amide bonds. The fraction of sp³-hybridized carbons (Fsp3) is 0.600. The lowest BCUT2D eigenvalue weighted by Gasteiger charge is -2.32. The summed E-state index contributed by atoms with van der Waals surface area (Å²) in [6.07, 6.45) is 2.69. The Balaban J connectivity index is 1.75. The van der Waals surface area contributed by atoms with Crippen LogP contribution in [0.1, 0.15) is 45.6 Å². The number of carbonyl (C=O) groups excluding carboxylic acids is 2. The summed E-state index contributed by atoms with van der Waals surface area (Å²) in [5.74, 6) is 0.747. The number of hydrogen-bond acceptors (Lipinski definition) is 2. The molecule has 0 aromatic heterocycles. The molecule has 1 aliphatic heterocycles. The van der Waals surface area contributed by atoms with Crippen LogP contribution in [0.2, 0.25) is 5.02 Å². The predicted molar refractivity (Wildman–Crippen MR) is 102 cm³/mol. The fourth-order valence-electron chi connectivity index (χ4n) is 3.00. The topological polar surface area (TPSA) is 49.4 Å². The molecule has 1 aromatic carbocycles. The predicted octanol–water partition coefficient (Wildman–Crippen LogP) is 3.67. The molecule has 1 unspecified atom stereocenters. The number of carbonyl (C=O) groups is 2. The number of piperidine rings is 1. The molecule has 1 heterocycles. The van der Waals surface area contributed by atoms with Crippen LogP contribution in [0.15, 0.2) is 24.3 Å². The van der Waals surface area contributed by atoms with Crippen molar-refractivity contribution in [3.8, 4) is 0 Å². The standard InChI is InChI=1S/C20H29ClN2O2/c1-14(2)15(3)22-20(25)17-9-11-23(12-10-17)19(24)8-7-16-5-4-6-18(21)13-16/h4-6,13-15,17H,7-12H2,1-3H3,(H,22,25). The molecule has 1 N–H and O–H groups in total. The van der Waals surface area contributed by atoms with E-state index in [1.807, 2.05) is 36.1 Å². The van der Waals surface area contributed by atoms with Crippen LogP contribution in [0.4, 0.5) is 0 Å². The first kappa shape index (κ1) is 19.8. The second-order valence-electron chi connectivity index (χ2n) is 7.33. The Bertz CT molecular complexity index is 595. The molecule has 1 saturated heterocycles. The smallest absolute Gasteiger partial charge is 0.223 e. The average Bonchev–Trinajstić information content (AvgIpc) is 2.59. The molecule has 0 spiro atoms. The Hall–Kier alpha value is -1.55. The molecular formula is C20H29ClN2O2. The van der Waals surface area contributed by atoms with E-state index in [0.717, 1.165) is 18.4 Å². The van der Waals surface area contributed by atoms with Crippen LogP contribution in [0.25, 0.3) is 0 Å². The number of likely N-dealkylation sites (tertiary alicyclic amines) is 1. The van der Waals surface area contributed by atoms with Crippen molar-refractivity contribution in [3.63, 3.8) is 0 Å². The lowest BCUT2D eigenvalue weighted by atomic mass is 9.94. The zero-order valence-corrected chi connectivity index (χ0v) is 16.2. The highest BCUT2D eigenvalue weighted by molar-refractivity contribution is 6.30. The minimum atomic E-state index is 0.0261. The molecule has 5 heteroatoms. The summed E-state index contributed by atoms with van der Waals surface area (Å²) in [6.45, 7) is 7.58. The first-order chi connectivity index (χ1) is 11.9. The van der Waals surface area contributed by atoms with E-state index in [4.69, 9.17) is 11.6 Å². The van der Waals surface area contributed by atoms with E-state index in [-0.39, 0.29) is 23.8 Å². The van der Waals surface area contributed by atoms with Gasteiger partial charge in [-0.15, -0.1) is 0 Å². The summed E-state index contributed by atoms with van der Waals surface area (Å²) in [5.41, 5.74) is 1.08. The van der Waals surface area contributed by atoms with E-state index in [1.54, 1.807) is 0 Å². The molecule has 4 nitrogen and oxygen atoms in total. The average molecular weight is 365 g/mol. The van der Waals surface area contributed by atoms with Crippen molar-refractivity contribution in [1.82, 2.24) is 10.2 Å². The van der Waals surface area contributed by atoms with Gasteiger partial charge in [-0.2, -0.15) is 0 Å². The van der Waals surface area contributed by atoms with Crippen LogP contribution in [0.5, 0.6) is 0 Å². The van der Waals surface area contributed by atoms with Gasteiger partial charge < -0.3 is 10.2 Å². The van der Waals surface area contributed by atoms with Crippen LogP contribution >= 0.6 is 11.6 Å². The third-order valence-corrected chi connectivity index (χ3v) is 5.34. The second kappa shape index (κ2) is 9.23. The van der Waals surface area contributed by atoms with Crippen LogP contribution in [-0.2, 0) is 16.0 Å². The number of benzene rings is 1. The minimum Gasteiger partial charge on any atom is -0.353 e. The third kappa shape index (κ3) is 6.03. The Morgan fingerprint density at radius 2 is 1.92 bits per heavy atom. The molecule has 138 valence electrons. The van der Waals surface area contributed by atoms with Crippen molar-refractivity contribution < 1.29 is 9.59 Å².